The lowest BCUT2D eigenvalue weighted by Crippen LogP contribution is -2.49. The van der Waals surface area contributed by atoms with E-state index in [0.29, 0.717) is 16.5 Å². The molecule has 1 aromatic heterocycles. The molecule has 1 saturated carbocycles. The number of fused-ring (bicyclic) bond motifs is 1. The van der Waals surface area contributed by atoms with E-state index in [-0.39, 0.29) is 18.2 Å². The molecule has 3 N–H and O–H groups in total. The fraction of sp³-hybridized carbons (Fsp3) is 0.526. The molecule has 1 fully saturated rings. The third-order valence-corrected chi connectivity index (χ3v) is 5.67. The van der Waals surface area contributed by atoms with Crippen LogP contribution in [0.25, 0.3) is 11.0 Å². The predicted molar refractivity (Wildman–Crippen MR) is 103 cm³/mol. The molecule has 1 aliphatic carbocycles. The Labute approximate surface area is 158 Å². The van der Waals surface area contributed by atoms with Crippen LogP contribution in [0.2, 0.25) is 5.02 Å². The monoisotopic (exact) mass is 377 g/mol. The molecule has 2 aromatic rings. The van der Waals surface area contributed by atoms with Gasteiger partial charge in [-0.3, -0.25) is 4.79 Å². The maximum Gasteiger partial charge on any atom is 0.475 e. The van der Waals surface area contributed by atoms with Gasteiger partial charge in [0.1, 0.15) is 0 Å². The van der Waals surface area contributed by atoms with Gasteiger partial charge in [-0.2, -0.15) is 0 Å². The highest BCUT2D eigenvalue weighted by Gasteiger charge is 2.33. The van der Waals surface area contributed by atoms with Crippen LogP contribution in [0.1, 0.15) is 44.6 Å². The van der Waals surface area contributed by atoms with Crippen LogP contribution in [0.3, 0.4) is 0 Å². The van der Waals surface area contributed by atoms with Crippen LogP contribution in [0.5, 0.6) is 0 Å². The highest BCUT2D eigenvalue weighted by Crippen LogP contribution is 2.34. The lowest BCUT2D eigenvalue weighted by atomic mass is 9.75. The van der Waals surface area contributed by atoms with Crippen LogP contribution in [0.15, 0.2) is 28.9 Å². The number of carbonyl (C=O) groups is 1. The normalized spacial score (nSPS) is 21.1. The summed E-state index contributed by atoms with van der Waals surface area (Å²) >= 11 is 6.12. The maximum atomic E-state index is 12.6. The zero-order valence-corrected chi connectivity index (χ0v) is 15.7. The highest BCUT2D eigenvalue weighted by molar-refractivity contribution is 6.43. The quantitative estimate of drug-likeness (QED) is 0.646. The fourth-order valence-corrected chi connectivity index (χ4v) is 4.20. The van der Waals surface area contributed by atoms with Crippen LogP contribution in [0, 0.1) is 11.8 Å². The van der Waals surface area contributed by atoms with Crippen molar-refractivity contribution in [2.45, 2.75) is 51.4 Å². The molecule has 3 atom stereocenters. The summed E-state index contributed by atoms with van der Waals surface area (Å²) in [5.74, 6) is -0.309. The van der Waals surface area contributed by atoms with Crippen LogP contribution in [0.4, 0.5) is 0 Å². The van der Waals surface area contributed by atoms with Crippen LogP contribution in [-0.2, 0) is 11.2 Å². The van der Waals surface area contributed by atoms with E-state index in [2.05, 4.69) is 12.2 Å². The Balaban J connectivity index is 1.67. The molecular formula is C19H25BClNO4. The summed E-state index contributed by atoms with van der Waals surface area (Å²) in [5, 5.41) is 23.7. The molecule has 1 aromatic carbocycles. The van der Waals surface area contributed by atoms with Crippen LogP contribution in [-0.4, -0.2) is 29.0 Å². The van der Waals surface area contributed by atoms with Crippen LogP contribution >= 0.6 is 11.6 Å². The van der Waals surface area contributed by atoms with Gasteiger partial charge in [0.25, 0.3) is 0 Å². The molecule has 0 bridgehead atoms. The van der Waals surface area contributed by atoms with E-state index in [4.69, 9.17) is 16.0 Å². The van der Waals surface area contributed by atoms with Crippen molar-refractivity contribution < 1.29 is 19.3 Å². The topological polar surface area (TPSA) is 82.7 Å². The van der Waals surface area contributed by atoms with E-state index in [0.717, 1.165) is 43.1 Å². The van der Waals surface area contributed by atoms with Gasteiger partial charge >= 0.3 is 7.12 Å². The van der Waals surface area contributed by atoms with Gasteiger partial charge in [-0.25, -0.2) is 0 Å². The lowest BCUT2D eigenvalue weighted by Gasteiger charge is -2.20. The first kappa shape index (κ1) is 19.3. The molecule has 5 nitrogen and oxygen atoms in total. The van der Waals surface area contributed by atoms with Crippen molar-refractivity contribution in [1.82, 2.24) is 5.32 Å². The van der Waals surface area contributed by atoms with E-state index >= 15 is 0 Å². The average Bonchev–Trinajstić information content (AvgIpc) is 3.23. The summed E-state index contributed by atoms with van der Waals surface area (Å²) < 4.78 is 5.50. The van der Waals surface area contributed by atoms with E-state index in [1.165, 1.54) is 0 Å². The Hall–Kier alpha value is -1.50. The van der Waals surface area contributed by atoms with Crippen molar-refractivity contribution in [3.8, 4) is 0 Å². The van der Waals surface area contributed by atoms with Gasteiger partial charge in [-0.05, 0) is 43.2 Å². The van der Waals surface area contributed by atoms with Crippen molar-refractivity contribution in [2.24, 2.45) is 11.8 Å². The summed E-state index contributed by atoms with van der Waals surface area (Å²) in [6.07, 6.45) is 6.94. The Morgan fingerprint density at radius 3 is 2.96 bits per heavy atom. The molecule has 7 heteroatoms. The summed E-state index contributed by atoms with van der Waals surface area (Å²) in [7, 11) is -1.64. The molecule has 1 amide bonds. The van der Waals surface area contributed by atoms with E-state index in [1.54, 1.807) is 12.3 Å². The van der Waals surface area contributed by atoms with Gasteiger partial charge in [-0.15, -0.1) is 0 Å². The smallest absolute Gasteiger partial charge is 0.462 e. The van der Waals surface area contributed by atoms with Gasteiger partial charge in [-0.1, -0.05) is 43.5 Å². The summed E-state index contributed by atoms with van der Waals surface area (Å²) in [6, 6.07) is 5.43. The number of para-hydroxylation sites is 1. The first-order chi connectivity index (χ1) is 12.5. The maximum absolute atomic E-state index is 12.6. The summed E-state index contributed by atoms with van der Waals surface area (Å²) in [5.41, 5.74) is 1.36. The molecule has 1 aliphatic rings. The first-order valence-electron chi connectivity index (χ1n) is 9.30. The second-order valence-electron chi connectivity index (χ2n) is 7.27. The Bertz CT molecular complexity index is 763. The van der Waals surface area contributed by atoms with Gasteiger partial charge in [0.05, 0.1) is 17.2 Å². The second-order valence-corrected chi connectivity index (χ2v) is 7.68. The number of carbonyl (C=O) groups excluding carboxylic acids is 1. The number of amides is 1. The number of furan rings is 1. The van der Waals surface area contributed by atoms with Gasteiger partial charge < -0.3 is 19.8 Å². The first-order valence-corrected chi connectivity index (χ1v) is 9.68. The summed E-state index contributed by atoms with van der Waals surface area (Å²) in [6.45, 7) is 2.16. The van der Waals surface area contributed by atoms with E-state index < -0.39 is 13.1 Å². The molecular weight excluding hydrogens is 352 g/mol. The third-order valence-electron chi connectivity index (χ3n) is 5.37. The molecule has 3 rings (SSSR count). The minimum absolute atomic E-state index is 0.0386. The second kappa shape index (κ2) is 8.46. The minimum atomic E-state index is -1.64. The number of hydrogen-bond donors (Lipinski definition) is 3. The number of nitrogens with one attached hydrogen (secondary N) is 1. The zero-order valence-electron chi connectivity index (χ0n) is 15.0. The molecule has 0 spiro atoms. The van der Waals surface area contributed by atoms with Crippen molar-refractivity contribution >= 4 is 35.6 Å². The lowest BCUT2D eigenvalue weighted by molar-refractivity contribution is -0.125. The Morgan fingerprint density at radius 2 is 2.23 bits per heavy atom. The molecule has 0 unspecified atom stereocenters. The zero-order chi connectivity index (χ0) is 18.7. The van der Waals surface area contributed by atoms with Gasteiger partial charge in [0.15, 0.2) is 5.58 Å². The average molecular weight is 378 g/mol. The van der Waals surface area contributed by atoms with E-state index in [1.807, 2.05) is 12.1 Å². The van der Waals surface area contributed by atoms with Crippen molar-refractivity contribution in [3.05, 3.63) is 35.0 Å². The molecule has 0 radical (unpaired) electrons. The van der Waals surface area contributed by atoms with Crippen LogP contribution < -0.4 is 5.32 Å². The van der Waals surface area contributed by atoms with Gasteiger partial charge in [0, 0.05) is 11.3 Å². The Kier molecular flexibility index (Phi) is 6.27. The molecule has 0 saturated heterocycles. The largest absolute Gasteiger partial charge is 0.475 e. The minimum Gasteiger partial charge on any atom is -0.462 e. The third kappa shape index (κ3) is 4.25. The van der Waals surface area contributed by atoms with Crippen molar-refractivity contribution in [1.29, 1.82) is 0 Å². The number of benzene rings is 1. The molecule has 140 valence electrons. The van der Waals surface area contributed by atoms with E-state index in [9.17, 15) is 14.8 Å². The SMILES string of the molecule is CCC[C@@H]1CC[C@@H](C(=O)N[C@@H](Cc2coc3c(Cl)cccc23)B(O)O)C1. The molecule has 26 heavy (non-hydrogen) atoms. The highest BCUT2D eigenvalue weighted by atomic mass is 35.5. The number of halogens is 1. The number of hydrogen-bond acceptors (Lipinski definition) is 4. The van der Waals surface area contributed by atoms with Gasteiger partial charge in [0.2, 0.25) is 5.91 Å². The van der Waals surface area contributed by atoms with Crippen molar-refractivity contribution in [3.63, 3.8) is 0 Å². The van der Waals surface area contributed by atoms with Crippen molar-refractivity contribution in [2.75, 3.05) is 0 Å². The summed E-state index contributed by atoms with van der Waals surface area (Å²) in [4.78, 5) is 12.6. The molecule has 0 aliphatic heterocycles. The number of rotatable bonds is 7. The standard InChI is InChI=1S/C19H25BClNO4/c1-2-4-12-7-8-13(9-12)19(23)22-17(20(24)25)10-14-11-26-18-15(14)5-3-6-16(18)21/h3,5-6,11-13,17,24-25H,2,4,7-10H2,1H3,(H,22,23)/t12-,13-,17+/m1/s1. The molecule has 1 heterocycles. The predicted octanol–water partition coefficient (Wildman–Crippen LogP) is 3.34. The Morgan fingerprint density at radius 1 is 1.42 bits per heavy atom. The fourth-order valence-electron chi connectivity index (χ4n) is 3.99.